The molecule has 0 aromatic heterocycles. The average molecular weight is 546 g/mol. The van der Waals surface area contributed by atoms with Gasteiger partial charge in [0.05, 0.1) is 0 Å². The Balaban J connectivity index is 3.92. The molecule has 0 fully saturated rings. The lowest BCUT2D eigenvalue weighted by Gasteiger charge is -2.20. The first-order valence-corrected chi connectivity index (χ1v) is 17.0. The van der Waals surface area contributed by atoms with E-state index in [1.54, 1.807) is 0 Å². The first-order chi connectivity index (χ1) is 18.1. The van der Waals surface area contributed by atoms with Gasteiger partial charge in [-0.3, -0.25) is 4.79 Å². The third kappa shape index (κ3) is 29.0. The van der Waals surface area contributed by atoms with Crippen LogP contribution in [0.4, 0.5) is 0 Å². The zero-order chi connectivity index (χ0) is 27.2. The van der Waals surface area contributed by atoms with Crippen LogP contribution < -0.4 is 5.32 Å². The van der Waals surface area contributed by atoms with Gasteiger partial charge in [0.1, 0.15) is 0 Å². The smallest absolute Gasteiger partial charge is 0.220 e. The Morgan fingerprint density at radius 3 is 1.68 bits per heavy atom. The van der Waals surface area contributed by atoms with Crippen LogP contribution >= 0.6 is 21.6 Å². The fourth-order valence-corrected chi connectivity index (χ4v) is 5.89. The molecule has 0 aromatic rings. The Morgan fingerprint density at radius 2 is 1.16 bits per heavy atom. The number of allylic oxidation sites excluding steroid dienone is 12. The third-order valence-electron chi connectivity index (χ3n) is 5.41. The van der Waals surface area contributed by atoms with E-state index in [4.69, 9.17) is 0 Å². The Morgan fingerprint density at radius 1 is 0.676 bits per heavy atom. The molecule has 1 unspecified atom stereocenters. The van der Waals surface area contributed by atoms with Crippen molar-refractivity contribution in [2.45, 2.75) is 111 Å². The molecule has 1 atom stereocenters. The summed E-state index contributed by atoms with van der Waals surface area (Å²) in [5, 5.41) is 3.29. The van der Waals surface area contributed by atoms with Gasteiger partial charge in [-0.2, -0.15) is 0 Å². The van der Waals surface area contributed by atoms with Crippen LogP contribution in [0.25, 0.3) is 0 Å². The first-order valence-electron chi connectivity index (χ1n) is 14.5. The van der Waals surface area contributed by atoms with Crippen LogP contribution in [0.5, 0.6) is 0 Å². The molecule has 0 spiro atoms. The highest BCUT2D eigenvalue weighted by atomic mass is 33.1. The molecule has 0 heterocycles. The number of carbonyl (C=O) groups is 1. The van der Waals surface area contributed by atoms with Gasteiger partial charge in [-0.15, -0.1) is 0 Å². The minimum Gasteiger partial charge on any atom is -0.353 e. The Bertz CT molecular complexity index is 688. The van der Waals surface area contributed by atoms with Crippen molar-refractivity contribution >= 4 is 27.5 Å². The van der Waals surface area contributed by atoms with Gasteiger partial charge in [-0.1, -0.05) is 122 Å². The van der Waals surface area contributed by atoms with E-state index in [-0.39, 0.29) is 11.9 Å². The van der Waals surface area contributed by atoms with Gasteiger partial charge in [-0.25, -0.2) is 0 Å². The summed E-state index contributed by atoms with van der Waals surface area (Å²) in [5.74, 6) is 2.94. The summed E-state index contributed by atoms with van der Waals surface area (Å²) in [4.78, 5) is 12.5. The lowest BCUT2D eigenvalue weighted by Crippen LogP contribution is -2.37. The summed E-state index contributed by atoms with van der Waals surface area (Å²) >= 11 is 0. The van der Waals surface area contributed by atoms with Gasteiger partial charge in [-0.05, 0) is 76.5 Å². The zero-order valence-corrected chi connectivity index (χ0v) is 25.8. The predicted octanol–water partition coefficient (Wildman–Crippen LogP) is 10.6. The van der Waals surface area contributed by atoms with Crippen LogP contribution in [0.15, 0.2) is 72.9 Å². The van der Waals surface area contributed by atoms with E-state index in [1.165, 1.54) is 6.42 Å². The van der Waals surface area contributed by atoms with E-state index in [2.05, 4.69) is 106 Å². The van der Waals surface area contributed by atoms with Crippen molar-refractivity contribution in [2.75, 3.05) is 11.5 Å². The normalized spacial score (nSPS) is 13.6. The first kappa shape index (κ1) is 35.6. The highest BCUT2D eigenvalue weighted by Crippen LogP contribution is 2.25. The molecule has 4 heteroatoms. The third-order valence-corrected chi connectivity index (χ3v) is 7.98. The molecule has 1 N–H and O–H groups in total. The average Bonchev–Trinajstić information content (AvgIpc) is 2.87. The van der Waals surface area contributed by atoms with Gasteiger partial charge in [0, 0.05) is 24.0 Å². The Kier molecular flexibility index (Phi) is 28.1. The Labute approximate surface area is 238 Å². The number of carbonyl (C=O) groups excluding carboxylic acids is 1. The molecular weight excluding hydrogens is 491 g/mol. The second kappa shape index (κ2) is 29.2. The van der Waals surface area contributed by atoms with Crippen molar-refractivity contribution in [3.8, 4) is 0 Å². The second-order valence-electron chi connectivity index (χ2n) is 9.62. The van der Waals surface area contributed by atoms with Gasteiger partial charge in [0.2, 0.25) is 5.91 Å². The van der Waals surface area contributed by atoms with E-state index in [9.17, 15) is 4.79 Å². The molecule has 210 valence electrons. The number of hydrogen-bond acceptors (Lipinski definition) is 3. The fourth-order valence-electron chi connectivity index (χ4n) is 3.52. The SMILES string of the molecule is CC/C=C\C/C=C\C/C=C\CCCSSCC(CC(C)C)NC(=O)CCC/C=C\C/C=C\C/C=C\CC. The fraction of sp³-hybridized carbons (Fsp3) is 0.606. The van der Waals surface area contributed by atoms with Crippen LogP contribution in [0.2, 0.25) is 0 Å². The van der Waals surface area contributed by atoms with Crippen LogP contribution in [-0.2, 0) is 4.79 Å². The summed E-state index contributed by atoms with van der Waals surface area (Å²) in [6.45, 7) is 8.79. The minimum atomic E-state index is 0.202. The molecule has 0 aliphatic carbocycles. The van der Waals surface area contributed by atoms with Crippen molar-refractivity contribution in [3.63, 3.8) is 0 Å². The maximum Gasteiger partial charge on any atom is 0.220 e. The van der Waals surface area contributed by atoms with Crippen LogP contribution in [0.3, 0.4) is 0 Å². The lowest BCUT2D eigenvalue weighted by molar-refractivity contribution is -0.121. The van der Waals surface area contributed by atoms with Crippen LogP contribution in [-0.4, -0.2) is 23.5 Å². The van der Waals surface area contributed by atoms with Crippen molar-refractivity contribution in [3.05, 3.63) is 72.9 Å². The van der Waals surface area contributed by atoms with Crippen molar-refractivity contribution in [1.29, 1.82) is 0 Å². The van der Waals surface area contributed by atoms with Crippen molar-refractivity contribution in [1.82, 2.24) is 5.32 Å². The molecule has 37 heavy (non-hydrogen) atoms. The molecule has 0 saturated heterocycles. The summed E-state index contributed by atoms with van der Waals surface area (Å²) in [6.07, 6.45) is 38.9. The summed E-state index contributed by atoms with van der Waals surface area (Å²) in [5.41, 5.74) is 0. The molecule has 0 aliphatic heterocycles. The summed E-state index contributed by atoms with van der Waals surface area (Å²) < 4.78 is 0. The molecule has 2 nitrogen and oxygen atoms in total. The molecule has 0 radical (unpaired) electrons. The summed E-state index contributed by atoms with van der Waals surface area (Å²) in [7, 11) is 3.85. The maximum atomic E-state index is 12.5. The molecular formula is C33H55NOS2. The molecule has 0 saturated carbocycles. The quantitative estimate of drug-likeness (QED) is 0.0743. The molecule has 0 rings (SSSR count). The highest BCUT2D eigenvalue weighted by molar-refractivity contribution is 8.76. The number of rotatable bonds is 24. The lowest BCUT2D eigenvalue weighted by atomic mass is 10.0. The number of nitrogens with one attached hydrogen (secondary N) is 1. The molecule has 1 amide bonds. The van der Waals surface area contributed by atoms with Gasteiger partial charge in [0.15, 0.2) is 0 Å². The highest BCUT2D eigenvalue weighted by Gasteiger charge is 2.14. The second-order valence-corrected chi connectivity index (χ2v) is 12.2. The monoisotopic (exact) mass is 545 g/mol. The van der Waals surface area contributed by atoms with E-state index >= 15 is 0 Å². The number of hydrogen-bond donors (Lipinski definition) is 1. The van der Waals surface area contributed by atoms with Crippen molar-refractivity contribution in [2.24, 2.45) is 5.92 Å². The largest absolute Gasteiger partial charge is 0.353 e. The molecule has 0 aromatic carbocycles. The van der Waals surface area contributed by atoms with Gasteiger partial charge in [0.25, 0.3) is 0 Å². The minimum absolute atomic E-state index is 0.202. The van der Waals surface area contributed by atoms with E-state index in [0.717, 1.165) is 75.7 Å². The standard InChI is InChI=1S/C33H55NOS2/c1-5-7-9-11-13-15-17-19-21-23-25-27-33(35)34-32(29-31(3)4)30-37-36-28-26-24-22-20-18-16-14-12-10-8-6-2/h7-10,13-16,19-22,31-32H,5-6,11-12,17-18,23-30H2,1-4H3,(H,34,35)/b9-7-,10-8-,15-13-,16-14-,21-19-,22-20-. The van der Waals surface area contributed by atoms with Gasteiger partial charge < -0.3 is 5.32 Å². The van der Waals surface area contributed by atoms with Crippen molar-refractivity contribution < 1.29 is 4.79 Å². The Hall–Kier alpha value is -1.39. The maximum absolute atomic E-state index is 12.5. The predicted molar refractivity (Wildman–Crippen MR) is 173 cm³/mol. The van der Waals surface area contributed by atoms with Crippen LogP contribution in [0, 0.1) is 5.92 Å². The van der Waals surface area contributed by atoms with Gasteiger partial charge >= 0.3 is 0 Å². The molecule has 0 aliphatic rings. The van der Waals surface area contributed by atoms with Crippen LogP contribution in [0.1, 0.15) is 105 Å². The summed E-state index contributed by atoms with van der Waals surface area (Å²) in [6, 6.07) is 0.270. The van der Waals surface area contributed by atoms with E-state index in [0.29, 0.717) is 12.3 Å². The van der Waals surface area contributed by atoms with E-state index < -0.39 is 0 Å². The van der Waals surface area contributed by atoms with E-state index in [1.807, 2.05) is 21.6 Å². The number of amides is 1. The zero-order valence-electron chi connectivity index (χ0n) is 24.2. The molecule has 0 bridgehead atoms. The topological polar surface area (TPSA) is 29.1 Å². The number of unbranched alkanes of at least 4 members (excludes halogenated alkanes) is 2.